The molecule has 1 amide bonds. The number of nitrogens with one attached hydrogen (secondary N) is 1. The molecule has 0 aliphatic carbocycles. The van der Waals surface area contributed by atoms with Crippen LogP contribution in [0, 0.1) is 5.92 Å². The summed E-state index contributed by atoms with van der Waals surface area (Å²) in [5.74, 6) is 0.567. The van der Waals surface area contributed by atoms with Crippen LogP contribution >= 0.6 is 23.1 Å². The fourth-order valence-corrected chi connectivity index (χ4v) is 6.40. The van der Waals surface area contributed by atoms with Crippen LogP contribution < -0.4 is 10.5 Å². The van der Waals surface area contributed by atoms with E-state index in [1.165, 1.54) is 29.2 Å². The van der Waals surface area contributed by atoms with Crippen molar-refractivity contribution in [2.24, 2.45) is 11.1 Å². The zero-order valence-corrected chi connectivity index (χ0v) is 17.1. The Kier molecular flexibility index (Phi) is 5.30. The second-order valence-electron chi connectivity index (χ2n) is 6.96. The van der Waals surface area contributed by atoms with E-state index in [4.69, 9.17) is 5.14 Å². The molecule has 3 fully saturated rings. The summed E-state index contributed by atoms with van der Waals surface area (Å²) in [6.07, 6.45) is 2.33. The third kappa shape index (κ3) is 4.38. The number of sulfonamides is 1. The van der Waals surface area contributed by atoms with Gasteiger partial charge in [-0.15, -0.1) is 11.3 Å². The minimum Gasteiger partial charge on any atom is -0.347 e. The van der Waals surface area contributed by atoms with Crippen molar-refractivity contribution >= 4 is 39.0 Å². The highest BCUT2D eigenvalue weighted by Crippen LogP contribution is 2.34. The van der Waals surface area contributed by atoms with Crippen LogP contribution in [0.25, 0.3) is 0 Å². The Morgan fingerprint density at radius 3 is 2.67 bits per heavy atom. The second-order valence-corrected chi connectivity index (χ2v) is 11.0. The van der Waals surface area contributed by atoms with Crippen molar-refractivity contribution in [3.8, 4) is 0 Å². The van der Waals surface area contributed by atoms with E-state index >= 15 is 0 Å². The lowest BCUT2D eigenvalue weighted by Crippen LogP contribution is -2.57. The van der Waals surface area contributed by atoms with Crippen molar-refractivity contribution < 1.29 is 13.2 Å². The van der Waals surface area contributed by atoms with Gasteiger partial charge < -0.3 is 10.2 Å². The molecule has 4 heterocycles. The Balaban J connectivity index is 1.42. The number of primary sulfonamides is 1. The lowest BCUT2D eigenvalue weighted by Gasteiger charge is -2.44. The molecule has 1 aromatic heterocycles. The van der Waals surface area contributed by atoms with Crippen molar-refractivity contribution in [3.05, 3.63) is 41.3 Å². The molecule has 0 saturated carbocycles. The number of benzene rings is 1. The summed E-state index contributed by atoms with van der Waals surface area (Å²) in [7, 11) is -3.72. The molecule has 3 aliphatic rings. The van der Waals surface area contributed by atoms with Crippen molar-refractivity contribution in [2.75, 3.05) is 19.6 Å². The number of carbonyl (C=O) groups excluding carboxylic acids is 1. The van der Waals surface area contributed by atoms with Gasteiger partial charge in [0, 0.05) is 17.5 Å². The maximum atomic E-state index is 12.6. The number of nitrogens with zero attached hydrogens (tertiary/aromatic N) is 1. The summed E-state index contributed by atoms with van der Waals surface area (Å²) in [6, 6.07) is 10.5. The molecular weight excluding hydrogens is 402 g/mol. The standard InChI is InChI=1S/C18H21N3O3S3/c19-27(23,24)14-3-1-2-13(10-14)25-17-5-4-16(26-17)18(22)20-15-11-21-8-6-12(15)7-9-21/h1-5,10,12,15H,6-9,11H2,(H,20,22)(H2,19,23,24)/t15-/m0/s1. The molecule has 2 bridgehead atoms. The molecule has 6 nitrogen and oxygen atoms in total. The van der Waals surface area contributed by atoms with Crippen LogP contribution in [0.4, 0.5) is 0 Å². The smallest absolute Gasteiger partial charge is 0.261 e. The van der Waals surface area contributed by atoms with E-state index in [0.29, 0.717) is 10.8 Å². The Morgan fingerprint density at radius 2 is 2.00 bits per heavy atom. The summed E-state index contributed by atoms with van der Waals surface area (Å²) in [5.41, 5.74) is 0. The molecule has 144 valence electrons. The van der Waals surface area contributed by atoms with Crippen LogP contribution in [0.3, 0.4) is 0 Å². The molecule has 0 spiro atoms. The van der Waals surface area contributed by atoms with Gasteiger partial charge in [-0.3, -0.25) is 4.79 Å². The molecule has 2 aromatic rings. The normalized spacial score (nSPS) is 24.7. The van der Waals surface area contributed by atoms with E-state index in [1.54, 1.807) is 12.1 Å². The Labute approximate surface area is 167 Å². The van der Waals surface area contributed by atoms with Crippen molar-refractivity contribution in [1.29, 1.82) is 0 Å². The van der Waals surface area contributed by atoms with Crippen molar-refractivity contribution in [3.63, 3.8) is 0 Å². The number of amides is 1. The monoisotopic (exact) mass is 423 g/mol. The van der Waals surface area contributed by atoms with Crippen LogP contribution in [0.1, 0.15) is 22.5 Å². The Hall–Kier alpha value is -1.39. The first kappa shape index (κ1) is 18.9. The second kappa shape index (κ2) is 7.56. The highest BCUT2D eigenvalue weighted by Gasteiger charge is 2.35. The molecule has 0 radical (unpaired) electrons. The first-order valence-corrected chi connectivity index (χ1v) is 12.0. The fourth-order valence-electron chi connectivity index (χ4n) is 3.70. The van der Waals surface area contributed by atoms with Gasteiger partial charge in [0.2, 0.25) is 10.0 Å². The molecule has 3 aliphatic heterocycles. The first-order valence-electron chi connectivity index (χ1n) is 8.82. The zero-order chi connectivity index (χ0) is 19.0. The fraction of sp³-hybridized carbons (Fsp3) is 0.389. The van der Waals surface area contributed by atoms with E-state index in [1.807, 2.05) is 18.2 Å². The summed E-state index contributed by atoms with van der Waals surface area (Å²) < 4.78 is 23.9. The van der Waals surface area contributed by atoms with Gasteiger partial charge in [-0.05, 0) is 62.2 Å². The highest BCUT2D eigenvalue weighted by molar-refractivity contribution is 8.01. The van der Waals surface area contributed by atoms with E-state index in [0.717, 1.165) is 41.6 Å². The summed E-state index contributed by atoms with van der Waals surface area (Å²) in [5, 5.41) is 8.38. The zero-order valence-electron chi connectivity index (χ0n) is 14.6. The number of piperidine rings is 3. The van der Waals surface area contributed by atoms with E-state index in [2.05, 4.69) is 10.2 Å². The van der Waals surface area contributed by atoms with Crippen LogP contribution in [0.5, 0.6) is 0 Å². The molecule has 0 unspecified atom stereocenters. The minimum atomic E-state index is -3.72. The van der Waals surface area contributed by atoms with Crippen LogP contribution in [0.15, 0.2) is 50.4 Å². The molecule has 9 heteroatoms. The number of nitrogens with two attached hydrogens (primary N) is 1. The molecule has 27 heavy (non-hydrogen) atoms. The molecule has 3 saturated heterocycles. The van der Waals surface area contributed by atoms with Gasteiger partial charge in [0.1, 0.15) is 0 Å². The van der Waals surface area contributed by atoms with Gasteiger partial charge in [-0.2, -0.15) is 0 Å². The molecule has 3 N–H and O–H groups in total. The Bertz CT molecular complexity index is 950. The van der Waals surface area contributed by atoms with Crippen LogP contribution in [0.2, 0.25) is 0 Å². The predicted octanol–water partition coefficient (Wildman–Crippen LogP) is 2.37. The van der Waals surface area contributed by atoms with E-state index < -0.39 is 10.0 Å². The van der Waals surface area contributed by atoms with Gasteiger partial charge in [0.05, 0.1) is 14.0 Å². The number of rotatable bonds is 5. The van der Waals surface area contributed by atoms with E-state index in [9.17, 15) is 13.2 Å². The SMILES string of the molecule is NS(=O)(=O)c1cccc(Sc2ccc(C(=O)N[C@H]3CN4CCC3CC4)s2)c1. The minimum absolute atomic E-state index is 0.0242. The maximum Gasteiger partial charge on any atom is 0.261 e. The lowest BCUT2D eigenvalue weighted by atomic mass is 9.84. The number of hydrogen-bond donors (Lipinski definition) is 2. The van der Waals surface area contributed by atoms with Crippen molar-refractivity contribution in [2.45, 2.75) is 32.9 Å². The third-order valence-corrected chi connectivity index (χ3v) is 8.25. The van der Waals surface area contributed by atoms with Crippen molar-refractivity contribution in [1.82, 2.24) is 10.2 Å². The number of thiophene rings is 1. The van der Waals surface area contributed by atoms with Gasteiger partial charge in [0.25, 0.3) is 5.91 Å². The summed E-state index contributed by atoms with van der Waals surface area (Å²) in [4.78, 5) is 16.6. The number of hydrogen-bond acceptors (Lipinski definition) is 6. The molecule has 1 aromatic carbocycles. The number of fused-ring (bicyclic) bond motifs is 3. The van der Waals surface area contributed by atoms with Gasteiger partial charge in [0.15, 0.2) is 0 Å². The highest BCUT2D eigenvalue weighted by atomic mass is 32.2. The maximum absolute atomic E-state index is 12.6. The first-order chi connectivity index (χ1) is 12.9. The molecule has 1 atom stereocenters. The molecular formula is C18H21N3O3S3. The largest absolute Gasteiger partial charge is 0.347 e. The lowest BCUT2D eigenvalue weighted by molar-refractivity contribution is 0.0622. The predicted molar refractivity (Wildman–Crippen MR) is 107 cm³/mol. The molecule has 5 rings (SSSR count). The average Bonchev–Trinajstić information content (AvgIpc) is 3.11. The topological polar surface area (TPSA) is 92.5 Å². The van der Waals surface area contributed by atoms with Gasteiger partial charge in [-0.25, -0.2) is 13.6 Å². The van der Waals surface area contributed by atoms with Crippen LogP contribution in [-0.4, -0.2) is 44.9 Å². The van der Waals surface area contributed by atoms with Crippen LogP contribution in [-0.2, 0) is 10.0 Å². The average molecular weight is 424 g/mol. The number of carbonyl (C=O) groups is 1. The third-order valence-electron chi connectivity index (χ3n) is 5.13. The van der Waals surface area contributed by atoms with Gasteiger partial charge >= 0.3 is 0 Å². The Morgan fingerprint density at radius 1 is 1.22 bits per heavy atom. The van der Waals surface area contributed by atoms with Gasteiger partial charge in [-0.1, -0.05) is 17.8 Å². The summed E-state index contributed by atoms with van der Waals surface area (Å²) in [6.45, 7) is 3.24. The van der Waals surface area contributed by atoms with E-state index in [-0.39, 0.29) is 16.8 Å². The quantitative estimate of drug-likeness (QED) is 0.770. The summed E-state index contributed by atoms with van der Waals surface area (Å²) >= 11 is 2.84.